The molecule has 21 heavy (non-hydrogen) atoms. The molecule has 0 spiro atoms. The number of urea groups is 1. The van der Waals surface area contributed by atoms with Crippen molar-refractivity contribution >= 4 is 16.9 Å². The predicted molar refractivity (Wildman–Crippen MR) is 82.4 cm³/mol. The van der Waals surface area contributed by atoms with Crippen LogP contribution in [0.1, 0.15) is 19.7 Å². The summed E-state index contributed by atoms with van der Waals surface area (Å²) in [5.74, 6) is 0.656. The molecule has 6 nitrogen and oxygen atoms in total. The van der Waals surface area contributed by atoms with Crippen LogP contribution in [0.25, 0.3) is 10.9 Å². The molecule has 2 rings (SSSR count). The molecule has 2 N–H and O–H groups in total. The van der Waals surface area contributed by atoms with Crippen molar-refractivity contribution in [3.05, 3.63) is 40.4 Å². The van der Waals surface area contributed by atoms with Crippen LogP contribution in [0, 0.1) is 0 Å². The third-order valence-corrected chi connectivity index (χ3v) is 3.13. The molecular formula is C15H20N4O2. The second-order valence-electron chi connectivity index (χ2n) is 5.21. The van der Waals surface area contributed by atoms with Crippen LogP contribution in [0.5, 0.6) is 0 Å². The third kappa shape index (κ3) is 3.59. The van der Waals surface area contributed by atoms with Crippen molar-refractivity contribution in [2.24, 2.45) is 7.05 Å². The Kier molecular flexibility index (Phi) is 4.57. The third-order valence-electron chi connectivity index (χ3n) is 3.13. The number of rotatable bonds is 4. The minimum Gasteiger partial charge on any atom is -0.338 e. The molecule has 1 aromatic carbocycles. The molecule has 0 atom stereocenters. The van der Waals surface area contributed by atoms with E-state index in [9.17, 15) is 9.59 Å². The molecule has 1 heterocycles. The molecular weight excluding hydrogens is 268 g/mol. The van der Waals surface area contributed by atoms with Crippen LogP contribution in [-0.2, 0) is 13.5 Å². The fraction of sp³-hybridized carbons (Fsp3) is 0.400. The summed E-state index contributed by atoms with van der Waals surface area (Å²) >= 11 is 0. The Morgan fingerprint density at radius 2 is 2.05 bits per heavy atom. The molecule has 0 aliphatic rings. The largest absolute Gasteiger partial charge is 0.338 e. The van der Waals surface area contributed by atoms with Crippen LogP contribution < -0.4 is 16.2 Å². The second-order valence-corrected chi connectivity index (χ2v) is 5.21. The lowest BCUT2D eigenvalue weighted by Crippen LogP contribution is -2.40. The highest BCUT2D eigenvalue weighted by atomic mass is 16.2. The number of benzene rings is 1. The number of amides is 2. The first-order chi connectivity index (χ1) is 9.99. The number of nitrogens with zero attached hydrogens (tertiary/aromatic N) is 2. The lowest BCUT2D eigenvalue weighted by molar-refractivity contribution is 0.238. The van der Waals surface area contributed by atoms with Gasteiger partial charge in [0, 0.05) is 26.1 Å². The topological polar surface area (TPSA) is 76.0 Å². The summed E-state index contributed by atoms with van der Waals surface area (Å²) < 4.78 is 1.53. The minimum atomic E-state index is -0.212. The summed E-state index contributed by atoms with van der Waals surface area (Å²) in [5.41, 5.74) is 0.615. The standard InChI is InChI=1S/C15H20N4O2/c1-10(2)17-15(21)16-9-8-13-18-12-7-5-4-6-11(12)14(20)19(13)3/h4-7,10H,8-9H2,1-3H3,(H2,16,17,21). The van der Waals surface area contributed by atoms with Gasteiger partial charge in [0.2, 0.25) is 0 Å². The monoisotopic (exact) mass is 288 g/mol. The molecule has 0 saturated heterocycles. The Morgan fingerprint density at radius 1 is 1.33 bits per heavy atom. The number of aromatic nitrogens is 2. The quantitative estimate of drug-likeness (QED) is 0.887. The molecule has 2 amide bonds. The molecule has 0 aliphatic heterocycles. The number of para-hydroxylation sites is 1. The first-order valence-electron chi connectivity index (χ1n) is 6.98. The summed E-state index contributed by atoms with van der Waals surface area (Å²) in [6.07, 6.45) is 0.502. The van der Waals surface area contributed by atoms with Gasteiger partial charge in [-0.25, -0.2) is 9.78 Å². The van der Waals surface area contributed by atoms with Gasteiger partial charge in [-0.1, -0.05) is 12.1 Å². The Hall–Kier alpha value is -2.37. The van der Waals surface area contributed by atoms with Gasteiger partial charge in [-0.3, -0.25) is 9.36 Å². The first kappa shape index (κ1) is 15.0. The van der Waals surface area contributed by atoms with Crippen LogP contribution in [0.3, 0.4) is 0 Å². The Balaban J connectivity index is 2.11. The van der Waals surface area contributed by atoms with E-state index in [1.165, 1.54) is 4.57 Å². The maximum Gasteiger partial charge on any atom is 0.314 e. The molecule has 0 aliphatic carbocycles. The normalized spacial score (nSPS) is 10.9. The number of fused-ring (bicyclic) bond motifs is 1. The summed E-state index contributed by atoms with van der Waals surface area (Å²) in [6, 6.07) is 7.14. The summed E-state index contributed by atoms with van der Waals surface area (Å²) in [6.45, 7) is 4.22. The number of hydrogen-bond donors (Lipinski definition) is 2. The van der Waals surface area contributed by atoms with Gasteiger partial charge in [-0.2, -0.15) is 0 Å². The average Bonchev–Trinajstić information content (AvgIpc) is 2.43. The molecule has 0 unspecified atom stereocenters. The van der Waals surface area contributed by atoms with E-state index in [1.54, 1.807) is 13.1 Å². The van der Waals surface area contributed by atoms with E-state index in [1.807, 2.05) is 32.0 Å². The van der Waals surface area contributed by atoms with Crippen molar-refractivity contribution in [3.8, 4) is 0 Å². The second kappa shape index (κ2) is 6.39. The van der Waals surface area contributed by atoms with Gasteiger partial charge in [0.05, 0.1) is 10.9 Å². The Morgan fingerprint density at radius 3 is 2.76 bits per heavy atom. The lowest BCUT2D eigenvalue weighted by Gasteiger charge is -2.11. The molecule has 0 saturated carbocycles. The average molecular weight is 288 g/mol. The van der Waals surface area contributed by atoms with Gasteiger partial charge < -0.3 is 10.6 Å². The Bertz CT molecular complexity index is 706. The zero-order valence-corrected chi connectivity index (χ0v) is 12.5. The van der Waals surface area contributed by atoms with E-state index in [-0.39, 0.29) is 17.6 Å². The lowest BCUT2D eigenvalue weighted by atomic mass is 10.2. The summed E-state index contributed by atoms with van der Waals surface area (Å²) in [4.78, 5) is 28.2. The smallest absolute Gasteiger partial charge is 0.314 e. The molecule has 0 radical (unpaired) electrons. The van der Waals surface area contributed by atoms with Crippen LogP contribution in [-0.4, -0.2) is 28.2 Å². The van der Waals surface area contributed by atoms with E-state index in [2.05, 4.69) is 15.6 Å². The highest BCUT2D eigenvalue weighted by Gasteiger charge is 2.08. The first-order valence-corrected chi connectivity index (χ1v) is 6.98. The highest BCUT2D eigenvalue weighted by Crippen LogP contribution is 2.07. The maximum absolute atomic E-state index is 12.2. The number of hydrogen-bond acceptors (Lipinski definition) is 3. The summed E-state index contributed by atoms with van der Waals surface area (Å²) in [5, 5.41) is 6.10. The number of carbonyl (C=O) groups is 1. The van der Waals surface area contributed by atoms with E-state index in [4.69, 9.17) is 0 Å². The van der Waals surface area contributed by atoms with Crippen molar-refractivity contribution in [3.63, 3.8) is 0 Å². The molecule has 112 valence electrons. The van der Waals surface area contributed by atoms with Gasteiger partial charge in [0.1, 0.15) is 5.82 Å². The van der Waals surface area contributed by atoms with E-state index >= 15 is 0 Å². The van der Waals surface area contributed by atoms with Crippen LogP contribution in [0.2, 0.25) is 0 Å². The maximum atomic E-state index is 12.2. The number of carbonyl (C=O) groups excluding carboxylic acids is 1. The Labute approximate surface area is 123 Å². The van der Waals surface area contributed by atoms with Gasteiger partial charge in [-0.15, -0.1) is 0 Å². The minimum absolute atomic E-state index is 0.0674. The van der Waals surface area contributed by atoms with E-state index in [0.717, 1.165) is 0 Å². The van der Waals surface area contributed by atoms with Crippen LogP contribution in [0.15, 0.2) is 29.1 Å². The fourth-order valence-corrected chi connectivity index (χ4v) is 2.09. The molecule has 6 heteroatoms. The molecule has 0 fully saturated rings. The van der Waals surface area contributed by atoms with Crippen molar-refractivity contribution < 1.29 is 4.79 Å². The van der Waals surface area contributed by atoms with Crippen LogP contribution in [0.4, 0.5) is 4.79 Å². The zero-order valence-electron chi connectivity index (χ0n) is 12.5. The van der Waals surface area contributed by atoms with Crippen molar-refractivity contribution in [1.82, 2.24) is 20.2 Å². The zero-order chi connectivity index (χ0) is 15.4. The molecule has 1 aromatic heterocycles. The van der Waals surface area contributed by atoms with E-state index in [0.29, 0.717) is 29.7 Å². The van der Waals surface area contributed by atoms with Gasteiger partial charge >= 0.3 is 6.03 Å². The van der Waals surface area contributed by atoms with Gasteiger partial charge in [-0.05, 0) is 26.0 Å². The van der Waals surface area contributed by atoms with Crippen LogP contribution >= 0.6 is 0 Å². The SMILES string of the molecule is CC(C)NC(=O)NCCc1nc2ccccc2c(=O)n1C. The van der Waals surface area contributed by atoms with Gasteiger partial charge in [0.25, 0.3) is 5.56 Å². The van der Waals surface area contributed by atoms with E-state index < -0.39 is 0 Å². The molecule has 2 aromatic rings. The van der Waals surface area contributed by atoms with Crippen molar-refractivity contribution in [2.75, 3.05) is 6.54 Å². The van der Waals surface area contributed by atoms with Gasteiger partial charge in [0.15, 0.2) is 0 Å². The highest BCUT2D eigenvalue weighted by molar-refractivity contribution is 5.77. The fourth-order valence-electron chi connectivity index (χ4n) is 2.09. The predicted octanol–water partition coefficient (Wildman–Crippen LogP) is 1.18. The molecule has 0 bridgehead atoms. The number of nitrogens with one attached hydrogen (secondary N) is 2. The van der Waals surface area contributed by atoms with Crippen molar-refractivity contribution in [1.29, 1.82) is 0 Å². The summed E-state index contributed by atoms with van der Waals surface area (Å²) in [7, 11) is 1.70. The van der Waals surface area contributed by atoms with Crippen molar-refractivity contribution in [2.45, 2.75) is 26.3 Å².